The Labute approximate surface area is 67.4 Å². The molecule has 0 spiro atoms. The number of hydrogen-bond donors (Lipinski definition) is 2. The van der Waals surface area contributed by atoms with Gasteiger partial charge in [0, 0.05) is 0 Å². The van der Waals surface area contributed by atoms with E-state index in [-0.39, 0.29) is 0 Å². The SMILES string of the molecule is C[C@@H]1CNC2NOCCC2C1. The van der Waals surface area contributed by atoms with E-state index < -0.39 is 0 Å². The van der Waals surface area contributed by atoms with E-state index >= 15 is 0 Å². The minimum Gasteiger partial charge on any atom is -0.300 e. The molecule has 3 atom stereocenters. The fourth-order valence-electron chi connectivity index (χ4n) is 2.01. The molecule has 3 heteroatoms. The Morgan fingerprint density at radius 2 is 2.36 bits per heavy atom. The third-order valence-corrected chi connectivity index (χ3v) is 2.66. The van der Waals surface area contributed by atoms with E-state index in [1.807, 2.05) is 0 Å². The largest absolute Gasteiger partial charge is 0.300 e. The summed E-state index contributed by atoms with van der Waals surface area (Å²) in [6.45, 7) is 4.30. The summed E-state index contributed by atoms with van der Waals surface area (Å²) in [4.78, 5) is 5.16. The van der Waals surface area contributed by atoms with Crippen molar-refractivity contribution in [2.75, 3.05) is 13.2 Å². The third kappa shape index (κ3) is 1.55. The lowest BCUT2D eigenvalue weighted by Crippen LogP contribution is -2.55. The van der Waals surface area contributed by atoms with Crippen molar-refractivity contribution >= 4 is 0 Å². The van der Waals surface area contributed by atoms with Crippen LogP contribution in [0.15, 0.2) is 0 Å². The van der Waals surface area contributed by atoms with Gasteiger partial charge in [0.1, 0.15) is 0 Å². The Bertz CT molecular complexity index is 140. The number of hydrogen-bond acceptors (Lipinski definition) is 3. The molecule has 0 aromatic heterocycles. The summed E-state index contributed by atoms with van der Waals surface area (Å²) in [6, 6.07) is 0. The van der Waals surface area contributed by atoms with Gasteiger partial charge in [-0.25, -0.2) is 0 Å². The first-order valence-electron chi connectivity index (χ1n) is 4.47. The van der Waals surface area contributed by atoms with Gasteiger partial charge in [-0.3, -0.25) is 5.32 Å². The summed E-state index contributed by atoms with van der Waals surface area (Å²) in [5.41, 5.74) is 3.03. The average Bonchev–Trinajstić information content (AvgIpc) is 2.04. The molecule has 0 aliphatic carbocycles. The molecule has 2 rings (SSSR count). The van der Waals surface area contributed by atoms with Crippen LogP contribution in [0.25, 0.3) is 0 Å². The first-order valence-corrected chi connectivity index (χ1v) is 4.47. The van der Waals surface area contributed by atoms with Gasteiger partial charge in [0.15, 0.2) is 0 Å². The van der Waals surface area contributed by atoms with Crippen LogP contribution in [0.4, 0.5) is 0 Å². The van der Waals surface area contributed by atoms with Crippen molar-refractivity contribution in [3.63, 3.8) is 0 Å². The smallest absolute Gasteiger partial charge is 0.0841 e. The van der Waals surface area contributed by atoms with E-state index in [4.69, 9.17) is 4.84 Å². The van der Waals surface area contributed by atoms with Crippen LogP contribution in [-0.4, -0.2) is 19.3 Å². The Balaban J connectivity index is 1.93. The normalized spacial score (nSPS) is 45.0. The van der Waals surface area contributed by atoms with Crippen LogP contribution in [0.5, 0.6) is 0 Å². The van der Waals surface area contributed by atoms with Crippen molar-refractivity contribution < 1.29 is 4.84 Å². The molecule has 2 saturated heterocycles. The van der Waals surface area contributed by atoms with E-state index in [1.165, 1.54) is 12.8 Å². The average molecular weight is 156 g/mol. The fourth-order valence-corrected chi connectivity index (χ4v) is 2.01. The molecule has 0 bridgehead atoms. The third-order valence-electron chi connectivity index (χ3n) is 2.66. The zero-order valence-corrected chi connectivity index (χ0v) is 6.97. The summed E-state index contributed by atoms with van der Waals surface area (Å²) in [5, 5.41) is 3.43. The maximum absolute atomic E-state index is 5.16. The van der Waals surface area contributed by atoms with Crippen molar-refractivity contribution in [3.8, 4) is 0 Å². The summed E-state index contributed by atoms with van der Waals surface area (Å²) < 4.78 is 0. The molecule has 0 amide bonds. The molecule has 11 heavy (non-hydrogen) atoms. The summed E-state index contributed by atoms with van der Waals surface area (Å²) in [5.74, 6) is 1.61. The second kappa shape index (κ2) is 3.09. The van der Waals surface area contributed by atoms with Crippen LogP contribution >= 0.6 is 0 Å². The number of rotatable bonds is 0. The summed E-state index contributed by atoms with van der Waals surface area (Å²) in [7, 11) is 0. The number of hydroxylamine groups is 1. The van der Waals surface area contributed by atoms with Crippen LogP contribution in [-0.2, 0) is 4.84 Å². The molecule has 0 saturated carbocycles. The highest BCUT2D eigenvalue weighted by molar-refractivity contribution is 4.82. The van der Waals surface area contributed by atoms with E-state index in [9.17, 15) is 0 Å². The quantitative estimate of drug-likeness (QED) is 0.535. The fraction of sp³-hybridized carbons (Fsp3) is 1.00. The predicted molar refractivity (Wildman–Crippen MR) is 42.8 cm³/mol. The second-order valence-electron chi connectivity index (χ2n) is 3.74. The molecule has 0 aromatic rings. The molecule has 3 nitrogen and oxygen atoms in total. The first-order chi connectivity index (χ1) is 5.36. The topological polar surface area (TPSA) is 33.3 Å². The molecule has 2 aliphatic rings. The summed E-state index contributed by atoms with van der Waals surface area (Å²) >= 11 is 0. The lowest BCUT2D eigenvalue weighted by Gasteiger charge is -2.39. The molecule has 2 heterocycles. The molecular formula is C8H16N2O. The van der Waals surface area contributed by atoms with E-state index in [1.54, 1.807) is 0 Å². The molecule has 2 aliphatic heterocycles. The minimum atomic E-state index is 0.417. The van der Waals surface area contributed by atoms with Gasteiger partial charge in [-0.2, -0.15) is 5.48 Å². The van der Waals surface area contributed by atoms with Crippen molar-refractivity contribution in [2.45, 2.75) is 25.9 Å². The standard InChI is InChI=1S/C8H16N2O/c1-6-4-7-2-3-11-10-8(7)9-5-6/h6-10H,2-5H2,1H3/t6-,7?,8?/m0/s1. The zero-order valence-electron chi connectivity index (χ0n) is 6.97. The van der Waals surface area contributed by atoms with Crippen LogP contribution in [0.3, 0.4) is 0 Å². The van der Waals surface area contributed by atoms with Gasteiger partial charge in [-0.05, 0) is 31.2 Å². The van der Waals surface area contributed by atoms with E-state index in [2.05, 4.69) is 17.7 Å². The Hall–Kier alpha value is -0.120. The molecule has 0 aromatic carbocycles. The molecular weight excluding hydrogens is 140 g/mol. The monoisotopic (exact) mass is 156 g/mol. The van der Waals surface area contributed by atoms with Gasteiger partial charge in [0.2, 0.25) is 0 Å². The molecule has 2 N–H and O–H groups in total. The van der Waals surface area contributed by atoms with Gasteiger partial charge in [0.05, 0.1) is 12.8 Å². The lowest BCUT2D eigenvalue weighted by molar-refractivity contribution is -0.0703. The Kier molecular flexibility index (Phi) is 2.11. The number of piperidine rings is 1. The lowest BCUT2D eigenvalue weighted by atomic mass is 9.87. The number of nitrogens with one attached hydrogen (secondary N) is 2. The van der Waals surface area contributed by atoms with Crippen molar-refractivity contribution in [3.05, 3.63) is 0 Å². The van der Waals surface area contributed by atoms with Crippen molar-refractivity contribution in [1.29, 1.82) is 0 Å². The van der Waals surface area contributed by atoms with Crippen LogP contribution in [0, 0.1) is 11.8 Å². The molecule has 2 fully saturated rings. The first kappa shape index (κ1) is 7.53. The van der Waals surface area contributed by atoms with Crippen LogP contribution in [0.1, 0.15) is 19.8 Å². The van der Waals surface area contributed by atoms with Gasteiger partial charge in [-0.1, -0.05) is 6.92 Å². The van der Waals surface area contributed by atoms with Crippen LogP contribution < -0.4 is 10.8 Å². The van der Waals surface area contributed by atoms with E-state index in [0.29, 0.717) is 6.17 Å². The maximum Gasteiger partial charge on any atom is 0.0841 e. The molecule has 64 valence electrons. The minimum absolute atomic E-state index is 0.417. The number of fused-ring (bicyclic) bond motifs is 1. The highest BCUT2D eigenvalue weighted by atomic mass is 16.6. The molecule has 2 unspecified atom stereocenters. The maximum atomic E-state index is 5.16. The van der Waals surface area contributed by atoms with Gasteiger partial charge in [-0.15, -0.1) is 0 Å². The summed E-state index contributed by atoms with van der Waals surface area (Å²) in [6.07, 6.45) is 2.96. The zero-order chi connectivity index (χ0) is 7.68. The van der Waals surface area contributed by atoms with Gasteiger partial charge >= 0.3 is 0 Å². The second-order valence-corrected chi connectivity index (χ2v) is 3.74. The van der Waals surface area contributed by atoms with Crippen LogP contribution in [0.2, 0.25) is 0 Å². The highest BCUT2D eigenvalue weighted by Gasteiger charge is 2.30. The highest BCUT2D eigenvalue weighted by Crippen LogP contribution is 2.24. The van der Waals surface area contributed by atoms with Gasteiger partial charge < -0.3 is 4.84 Å². The van der Waals surface area contributed by atoms with Crippen molar-refractivity contribution in [2.24, 2.45) is 11.8 Å². The Morgan fingerprint density at radius 3 is 3.27 bits per heavy atom. The van der Waals surface area contributed by atoms with Gasteiger partial charge in [0.25, 0.3) is 0 Å². The molecule has 0 radical (unpaired) electrons. The van der Waals surface area contributed by atoms with E-state index in [0.717, 1.165) is 25.0 Å². The van der Waals surface area contributed by atoms with Crippen molar-refractivity contribution in [1.82, 2.24) is 10.8 Å². The predicted octanol–water partition coefficient (Wildman–Crippen LogP) is 0.483. The Morgan fingerprint density at radius 1 is 1.45 bits per heavy atom.